The third-order valence-electron chi connectivity index (χ3n) is 8.07. The van der Waals surface area contributed by atoms with Gasteiger partial charge in [0.05, 0.1) is 45.4 Å². The van der Waals surface area contributed by atoms with Gasteiger partial charge in [0.1, 0.15) is 0 Å². The lowest BCUT2D eigenvalue weighted by atomic mass is 9.95. The van der Waals surface area contributed by atoms with Crippen LogP contribution in [0.4, 0.5) is 0 Å². The molecule has 2 heterocycles. The Balaban J connectivity index is 1.27. The van der Waals surface area contributed by atoms with Crippen molar-refractivity contribution in [2.24, 2.45) is 5.92 Å². The van der Waals surface area contributed by atoms with E-state index < -0.39 is 0 Å². The molecule has 1 saturated carbocycles. The highest BCUT2D eigenvalue weighted by Gasteiger charge is 2.48. The van der Waals surface area contributed by atoms with E-state index in [1.165, 1.54) is 23.1 Å². The molecular formula is C32H43NO5. The number of rotatable bonds is 11. The van der Waals surface area contributed by atoms with E-state index in [0.29, 0.717) is 12.5 Å². The van der Waals surface area contributed by atoms with Crippen molar-refractivity contribution in [2.45, 2.75) is 69.7 Å². The van der Waals surface area contributed by atoms with E-state index in [0.717, 1.165) is 65.0 Å². The van der Waals surface area contributed by atoms with Crippen LogP contribution in [0.2, 0.25) is 0 Å². The molecule has 0 N–H and O–H groups in total. The van der Waals surface area contributed by atoms with Crippen molar-refractivity contribution in [3.05, 3.63) is 83.6 Å². The second kappa shape index (κ2) is 14.2. The standard InChI is InChI=1S/C32H43NO5/c1-34-18-7-10-28-29(37-24-27-14-12-26(13-15-27)22-25-8-3-2-4-9-25)23-30(38-31-11-5-6-19-36-31)32(28)33-16-20-35-21-17-33/h2-4,7-9,12-15,18,28-32H,5-6,10-11,16-17,19-24H2,1H3/t28-,29-,30+,31?,32+/m0/s1. The fourth-order valence-electron chi connectivity index (χ4n) is 6.15. The number of hydrogen-bond acceptors (Lipinski definition) is 6. The van der Waals surface area contributed by atoms with Crippen LogP contribution < -0.4 is 0 Å². The summed E-state index contributed by atoms with van der Waals surface area (Å²) in [7, 11) is 1.70. The maximum atomic E-state index is 6.68. The van der Waals surface area contributed by atoms with Crippen LogP contribution in [0.3, 0.4) is 0 Å². The predicted molar refractivity (Wildman–Crippen MR) is 148 cm³/mol. The fourth-order valence-corrected chi connectivity index (χ4v) is 6.15. The third kappa shape index (κ3) is 7.45. The van der Waals surface area contributed by atoms with E-state index in [-0.39, 0.29) is 24.5 Å². The second-order valence-corrected chi connectivity index (χ2v) is 10.7. The molecule has 3 aliphatic rings. The van der Waals surface area contributed by atoms with Crippen LogP contribution in [0.5, 0.6) is 0 Å². The molecule has 0 radical (unpaired) electrons. The molecule has 3 fully saturated rings. The van der Waals surface area contributed by atoms with E-state index in [2.05, 4.69) is 65.6 Å². The van der Waals surface area contributed by atoms with Gasteiger partial charge in [-0.1, -0.05) is 54.6 Å². The van der Waals surface area contributed by atoms with Crippen LogP contribution >= 0.6 is 0 Å². The zero-order chi connectivity index (χ0) is 26.0. The number of nitrogens with zero attached hydrogens (tertiary/aromatic N) is 1. The largest absolute Gasteiger partial charge is 0.505 e. The van der Waals surface area contributed by atoms with Crippen molar-refractivity contribution in [3.63, 3.8) is 0 Å². The molecule has 0 spiro atoms. The minimum Gasteiger partial charge on any atom is -0.505 e. The number of methoxy groups -OCH3 is 1. The molecule has 2 saturated heterocycles. The lowest BCUT2D eigenvalue weighted by Crippen LogP contribution is -2.51. The minimum atomic E-state index is -0.108. The third-order valence-corrected chi connectivity index (χ3v) is 8.07. The average molecular weight is 522 g/mol. The summed E-state index contributed by atoms with van der Waals surface area (Å²) in [5, 5.41) is 0. The number of allylic oxidation sites excluding steroid dienone is 1. The molecule has 0 bridgehead atoms. The van der Waals surface area contributed by atoms with Crippen molar-refractivity contribution < 1.29 is 23.7 Å². The first-order valence-corrected chi connectivity index (χ1v) is 14.3. The van der Waals surface area contributed by atoms with Crippen LogP contribution in [0.25, 0.3) is 0 Å². The van der Waals surface area contributed by atoms with E-state index in [4.69, 9.17) is 23.7 Å². The topological polar surface area (TPSA) is 49.4 Å². The zero-order valence-electron chi connectivity index (χ0n) is 22.7. The summed E-state index contributed by atoms with van der Waals surface area (Å²) < 4.78 is 30.3. The molecule has 1 unspecified atom stereocenters. The van der Waals surface area contributed by atoms with Gasteiger partial charge in [-0.05, 0) is 54.9 Å². The van der Waals surface area contributed by atoms with Crippen LogP contribution in [0.15, 0.2) is 66.9 Å². The Morgan fingerprint density at radius 3 is 2.39 bits per heavy atom. The van der Waals surface area contributed by atoms with Crippen molar-refractivity contribution >= 4 is 0 Å². The zero-order valence-corrected chi connectivity index (χ0v) is 22.7. The van der Waals surface area contributed by atoms with Gasteiger partial charge in [0.2, 0.25) is 0 Å². The van der Waals surface area contributed by atoms with Gasteiger partial charge in [-0.25, -0.2) is 0 Å². The summed E-state index contributed by atoms with van der Waals surface area (Å²) in [6, 6.07) is 19.7. The van der Waals surface area contributed by atoms with Gasteiger partial charge >= 0.3 is 0 Å². The van der Waals surface area contributed by atoms with Crippen molar-refractivity contribution in [1.82, 2.24) is 4.90 Å². The molecule has 2 aromatic rings. The van der Waals surface area contributed by atoms with E-state index in [1.807, 2.05) is 0 Å². The van der Waals surface area contributed by atoms with Gasteiger partial charge in [-0.15, -0.1) is 0 Å². The van der Waals surface area contributed by atoms with Gasteiger partial charge in [-0.3, -0.25) is 4.90 Å². The normalized spacial score (nSPS) is 28.6. The SMILES string of the molecule is COC=CC[C@@H]1[C@@H](N2CCOCC2)[C@H](OC2CCCCO2)C[C@@H]1OCc1ccc(Cc2ccccc2)cc1. The first-order valence-electron chi connectivity index (χ1n) is 14.3. The summed E-state index contributed by atoms with van der Waals surface area (Å²) in [4.78, 5) is 2.56. The number of hydrogen-bond donors (Lipinski definition) is 0. The number of benzene rings is 2. The quantitative estimate of drug-likeness (QED) is 0.372. The minimum absolute atomic E-state index is 0.0791. The maximum Gasteiger partial charge on any atom is 0.158 e. The molecule has 6 nitrogen and oxygen atoms in total. The fraction of sp³-hybridized carbons (Fsp3) is 0.562. The molecule has 5 atom stereocenters. The summed E-state index contributed by atoms with van der Waals surface area (Å²) in [6.45, 7) is 4.78. The molecule has 0 aromatic heterocycles. The summed E-state index contributed by atoms with van der Waals surface area (Å²) in [5.41, 5.74) is 3.85. The lowest BCUT2D eigenvalue weighted by Gasteiger charge is -2.39. The van der Waals surface area contributed by atoms with Gasteiger partial charge in [0.25, 0.3) is 0 Å². The Bertz CT molecular complexity index is 969. The first kappa shape index (κ1) is 27.4. The Labute approximate surface area is 227 Å². The van der Waals surface area contributed by atoms with Gasteiger partial charge in [-0.2, -0.15) is 0 Å². The number of ether oxygens (including phenoxy) is 5. The molecular weight excluding hydrogens is 478 g/mol. The molecule has 206 valence electrons. The second-order valence-electron chi connectivity index (χ2n) is 10.7. The van der Waals surface area contributed by atoms with Crippen LogP contribution in [-0.4, -0.2) is 69.5 Å². The van der Waals surface area contributed by atoms with Gasteiger partial charge in [0, 0.05) is 38.1 Å². The highest BCUT2D eigenvalue weighted by molar-refractivity contribution is 5.28. The van der Waals surface area contributed by atoms with Crippen molar-refractivity contribution in [2.75, 3.05) is 40.0 Å². The smallest absolute Gasteiger partial charge is 0.158 e. The van der Waals surface area contributed by atoms with Crippen LogP contribution in [0.1, 0.15) is 48.8 Å². The highest BCUT2D eigenvalue weighted by Crippen LogP contribution is 2.39. The van der Waals surface area contributed by atoms with E-state index >= 15 is 0 Å². The molecule has 0 amide bonds. The van der Waals surface area contributed by atoms with E-state index in [9.17, 15) is 0 Å². The molecule has 2 aliphatic heterocycles. The lowest BCUT2D eigenvalue weighted by molar-refractivity contribution is -0.200. The Morgan fingerprint density at radius 2 is 1.66 bits per heavy atom. The summed E-state index contributed by atoms with van der Waals surface area (Å²) in [5.74, 6) is 0.311. The summed E-state index contributed by atoms with van der Waals surface area (Å²) >= 11 is 0. The molecule has 6 heteroatoms. The maximum absolute atomic E-state index is 6.68. The summed E-state index contributed by atoms with van der Waals surface area (Å²) in [6.07, 6.45) is 9.96. The highest BCUT2D eigenvalue weighted by atomic mass is 16.7. The molecule has 1 aliphatic carbocycles. The Kier molecular flexibility index (Phi) is 10.3. The van der Waals surface area contributed by atoms with Gasteiger partial charge in [0.15, 0.2) is 6.29 Å². The van der Waals surface area contributed by atoms with Gasteiger partial charge < -0.3 is 23.7 Å². The Morgan fingerprint density at radius 1 is 0.895 bits per heavy atom. The Hall–Kier alpha value is -2.22. The monoisotopic (exact) mass is 521 g/mol. The van der Waals surface area contributed by atoms with Crippen LogP contribution in [0, 0.1) is 5.92 Å². The first-order chi connectivity index (χ1) is 18.8. The predicted octanol–water partition coefficient (Wildman–Crippen LogP) is 5.35. The molecule has 2 aromatic carbocycles. The van der Waals surface area contributed by atoms with Crippen molar-refractivity contribution in [3.8, 4) is 0 Å². The molecule has 5 rings (SSSR count). The van der Waals surface area contributed by atoms with E-state index in [1.54, 1.807) is 13.4 Å². The average Bonchev–Trinajstić information content (AvgIpc) is 3.31. The number of morpholine rings is 1. The van der Waals surface area contributed by atoms with Crippen molar-refractivity contribution in [1.29, 1.82) is 0 Å². The molecule has 38 heavy (non-hydrogen) atoms. The van der Waals surface area contributed by atoms with Crippen LogP contribution in [-0.2, 0) is 36.7 Å².